The molecule has 0 aliphatic heterocycles. The quantitative estimate of drug-likeness (QED) is 0.742. The number of halogens is 3. The van der Waals surface area contributed by atoms with Gasteiger partial charge in [0.05, 0.1) is 17.2 Å². The Balaban J connectivity index is 3.40. The van der Waals surface area contributed by atoms with Crippen LogP contribution in [0.3, 0.4) is 0 Å². The third-order valence-electron chi connectivity index (χ3n) is 2.62. The third kappa shape index (κ3) is 4.23. The first-order valence-corrected chi connectivity index (χ1v) is 8.41. The zero-order valence-corrected chi connectivity index (χ0v) is 14.6. The van der Waals surface area contributed by atoms with E-state index in [1.54, 1.807) is 13.8 Å². The van der Waals surface area contributed by atoms with E-state index in [1.807, 2.05) is 0 Å². The van der Waals surface area contributed by atoms with Gasteiger partial charge in [0.15, 0.2) is 0 Å². The molecular formula is C12H14Cl3NO4S. The zero-order chi connectivity index (χ0) is 16.4. The Morgan fingerprint density at radius 2 is 1.71 bits per heavy atom. The van der Waals surface area contributed by atoms with Gasteiger partial charge in [-0.3, -0.25) is 4.79 Å². The van der Waals surface area contributed by atoms with Crippen LogP contribution in [-0.4, -0.2) is 38.4 Å². The van der Waals surface area contributed by atoms with Crippen molar-refractivity contribution in [2.24, 2.45) is 0 Å². The van der Waals surface area contributed by atoms with Gasteiger partial charge in [-0.1, -0.05) is 34.8 Å². The minimum Gasteiger partial charge on any atom is -0.468 e. The molecule has 1 rings (SSSR count). The monoisotopic (exact) mass is 373 g/mol. The molecule has 21 heavy (non-hydrogen) atoms. The van der Waals surface area contributed by atoms with Gasteiger partial charge in [0.2, 0.25) is 10.0 Å². The van der Waals surface area contributed by atoms with Gasteiger partial charge in [0, 0.05) is 11.1 Å². The van der Waals surface area contributed by atoms with E-state index < -0.39 is 28.6 Å². The van der Waals surface area contributed by atoms with Crippen molar-refractivity contribution in [3.8, 4) is 0 Å². The van der Waals surface area contributed by atoms with Crippen LogP contribution in [0.4, 0.5) is 0 Å². The molecule has 1 aromatic rings. The number of rotatable bonds is 5. The van der Waals surface area contributed by atoms with Gasteiger partial charge in [-0.25, -0.2) is 8.42 Å². The molecule has 0 amide bonds. The Hall–Kier alpha value is -0.530. The fourth-order valence-corrected chi connectivity index (χ4v) is 4.71. The lowest BCUT2D eigenvalue weighted by Crippen LogP contribution is -2.41. The smallest absolute Gasteiger partial charge is 0.321 e. The maximum absolute atomic E-state index is 12.7. The summed E-state index contributed by atoms with van der Waals surface area (Å²) in [5, 5.41) is -0.000883. The second-order valence-electron chi connectivity index (χ2n) is 4.42. The highest BCUT2D eigenvalue weighted by atomic mass is 35.5. The third-order valence-corrected chi connectivity index (χ3v) is 5.78. The maximum Gasteiger partial charge on any atom is 0.321 e. The van der Waals surface area contributed by atoms with E-state index in [1.165, 1.54) is 19.2 Å². The summed E-state index contributed by atoms with van der Waals surface area (Å²) in [6.07, 6.45) is 0. The van der Waals surface area contributed by atoms with Gasteiger partial charge in [0.1, 0.15) is 11.4 Å². The van der Waals surface area contributed by atoms with E-state index >= 15 is 0 Å². The van der Waals surface area contributed by atoms with E-state index in [4.69, 9.17) is 34.8 Å². The highest BCUT2D eigenvalue weighted by molar-refractivity contribution is 7.89. The number of benzene rings is 1. The number of methoxy groups -OCH3 is 1. The molecule has 9 heteroatoms. The zero-order valence-electron chi connectivity index (χ0n) is 11.6. The number of carbonyl (C=O) groups excluding carboxylic acids is 1. The van der Waals surface area contributed by atoms with Crippen LogP contribution in [0.2, 0.25) is 15.1 Å². The molecular weight excluding hydrogens is 361 g/mol. The van der Waals surface area contributed by atoms with Crippen molar-refractivity contribution in [3.63, 3.8) is 0 Å². The number of esters is 1. The Bertz CT molecular complexity index is 623. The van der Waals surface area contributed by atoms with Crippen LogP contribution in [0.25, 0.3) is 0 Å². The fourth-order valence-electron chi connectivity index (χ4n) is 1.63. The maximum atomic E-state index is 12.7. The summed E-state index contributed by atoms with van der Waals surface area (Å²) in [4.78, 5) is 11.1. The Morgan fingerprint density at radius 3 is 2.10 bits per heavy atom. The number of ether oxygens (including phenoxy) is 1. The largest absolute Gasteiger partial charge is 0.468 e. The minimum absolute atomic E-state index is 0.108. The van der Waals surface area contributed by atoms with Crippen molar-refractivity contribution in [2.75, 3.05) is 13.7 Å². The molecule has 0 N–H and O–H groups in total. The summed E-state index contributed by atoms with van der Waals surface area (Å²) in [6.45, 7) is 2.81. The van der Waals surface area contributed by atoms with Crippen LogP contribution in [0.1, 0.15) is 13.8 Å². The minimum atomic E-state index is -4.07. The van der Waals surface area contributed by atoms with Crippen molar-refractivity contribution < 1.29 is 17.9 Å². The Kier molecular flexibility index (Phi) is 6.31. The van der Waals surface area contributed by atoms with Gasteiger partial charge >= 0.3 is 5.97 Å². The Labute approximate surface area is 138 Å². The predicted molar refractivity (Wildman–Crippen MR) is 82.5 cm³/mol. The number of nitrogens with zero attached hydrogens (tertiary/aromatic N) is 1. The van der Waals surface area contributed by atoms with Crippen molar-refractivity contribution in [2.45, 2.75) is 24.8 Å². The standard InChI is InChI=1S/C12H14Cl3NO4S/c1-7(2)16(6-11(17)20-3)21(18,19)12-9(14)4-8(13)5-10(12)15/h4-5,7H,6H2,1-3H3. The molecule has 0 bridgehead atoms. The molecule has 118 valence electrons. The molecule has 0 radical (unpaired) electrons. The molecule has 0 unspecified atom stereocenters. The molecule has 1 aromatic carbocycles. The number of hydrogen-bond donors (Lipinski definition) is 0. The second-order valence-corrected chi connectivity index (χ2v) is 7.50. The average molecular weight is 375 g/mol. The molecule has 0 aliphatic rings. The van der Waals surface area contributed by atoms with E-state index in [0.29, 0.717) is 0 Å². The second kappa shape index (κ2) is 7.15. The SMILES string of the molecule is COC(=O)CN(C(C)C)S(=O)(=O)c1c(Cl)cc(Cl)cc1Cl. The highest BCUT2D eigenvalue weighted by Crippen LogP contribution is 2.35. The summed E-state index contributed by atoms with van der Waals surface area (Å²) in [7, 11) is -2.90. The molecule has 0 aromatic heterocycles. The van der Waals surface area contributed by atoms with Crippen molar-refractivity contribution in [3.05, 3.63) is 27.2 Å². The average Bonchev–Trinajstić information content (AvgIpc) is 2.33. The number of hydrogen-bond acceptors (Lipinski definition) is 4. The van der Waals surface area contributed by atoms with E-state index in [-0.39, 0.29) is 20.0 Å². The first-order valence-electron chi connectivity index (χ1n) is 5.84. The molecule has 0 saturated carbocycles. The van der Waals surface area contributed by atoms with Crippen LogP contribution < -0.4 is 0 Å². The fraction of sp³-hybridized carbons (Fsp3) is 0.417. The topological polar surface area (TPSA) is 63.7 Å². The van der Waals surface area contributed by atoms with Gasteiger partial charge in [-0.15, -0.1) is 0 Å². The lowest BCUT2D eigenvalue weighted by molar-refractivity contribution is -0.141. The van der Waals surface area contributed by atoms with E-state index in [2.05, 4.69) is 4.74 Å². The number of carbonyl (C=O) groups is 1. The van der Waals surface area contributed by atoms with E-state index in [0.717, 1.165) is 4.31 Å². The van der Waals surface area contributed by atoms with Crippen LogP contribution in [-0.2, 0) is 19.6 Å². The molecule has 0 fully saturated rings. The molecule has 0 heterocycles. The summed E-state index contributed by atoms with van der Waals surface area (Å²) < 4.78 is 30.8. The number of sulfonamides is 1. The van der Waals surface area contributed by atoms with Gasteiger partial charge in [-0.05, 0) is 26.0 Å². The van der Waals surface area contributed by atoms with Crippen LogP contribution in [0, 0.1) is 0 Å². The summed E-state index contributed by atoms with van der Waals surface area (Å²) in [5.74, 6) is -0.687. The molecule has 5 nitrogen and oxygen atoms in total. The highest BCUT2D eigenvalue weighted by Gasteiger charge is 2.33. The van der Waals surface area contributed by atoms with Crippen LogP contribution in [0.15, 0.2) is 17.0 Å². The van der Waals surface area contributed by atoms with Gasteiger partial charge < -0.3 is 4.74 Å². The van der Waals surface area contributed by atoms with Gasteiger partial charge in [-0.2, -0.15) is 4.31 Å². The lowest BCUT2D eigenvalue weighted by Gasteiger charge is -2.25. The van der Waals surface area contributed by atoms with Gasteiger partial charge in [0.25, 0.3) is 0 Å². The first kappa shape index (κ1) is 18.5. The molecule has 0 spiro atoms. The molecule has 0 aliphatic carbocycles. The van der Waals surface area contributed by atoms with Crippen LogP contribution >= 0.6 is 34.8 Å². The lowest BCUT2D eigenvalue weighted by atomic mass is 10.4. The van der Waals surface area contributed by atoms with Crippen molar-refractivity contribution >= 4 is 50.8 Å². The molecule has 0 atom stereocenters. The predicted octanol–water partition coefficient (Wildman–Crippen LogP) is 3.22. The van der Waals surface area contributed by atoms with Crippen LogP contribution in [0.5, 0.6) is 0 Å². The van der Waals surface area contributed by atoms with Crippen molar-refractivity contribution in [1.29, 1.82) is 0 Å². The normalized spacial score (nSPS) is 12.0. The summed E-state index contributed by atoms with van der Waals surface area (Å²) in [5.41, 5.74) is 0. The summed E-state index contributed by atoms with van der Waals surface area (Å²) >= 11 is 17.7. The van der Waals surface area contributed by atoms with Crippen molar-refractivity contribution in [1.82, 2.24) is 4.31 Å². The molecule has 0 saturated heterocycles. The summed E-state index contributed by atoms with van der Waals surface area (Å²) in [6, 6.07) is 2.06. The Morgan fingerprint density at radius 1 is 1.24 bits per heavy atom. The van der Waals surface area contributed by atoms with E-state index in [9.17, 15) is 13.2 Å². The first-order chi connectivity index (χ1) is 9.61.